The number of rotatable bonds is 3. The zero-order valence-corrected chi connectivity index (χ0v) is 7.37. The van der Waals surface area contributed by atoms with Crippen LogP contribution in [0, 0.1) is 0 Å². The first kappa shape index (κ1) is 9.08. The molecule has 0 aliphatic heterocycles. The highest BCUT2D eigenvalue weighted by Crippen LogP contribution is 2.05. The molecule has 0 saturated carbocycles. The van der Waals surface area contributed by atoms with Gasteiger partial charge in [-0.25, -0.2) is 0 Å². The van der Waals surface area contributed by atoms with E-state index in [9.17, 15) is 4.79 Å². The number of aromatic nitrogens is 2. The third kappa shape index (κ3) is 2.24. The molecule has 1 unspecified atom stereocenters. The van der Waals surface area contributed by atoms with Gasteiger partial charge in [0.15, 0.2) is 0 Å². The third-order valence-corrected chi connectivity index (χ3v) is 2.01. The van der Waals surface area contributed by atoms with Gasteiger partial charge in [-0.05, 0) is 11.5 Å². The lowest BCUT2D eigenvalue weighted by molar-refractivity contribution is -0.142. The second-order valence-corrected chi connectivity index (χ2v) is 3.09. The van der Waals surface area contributed by atoms with Crippen LogP contribution < -0.4 is 5.73 Å². The molecule has 5 nitrogen and oxygen atoms in total. The minimum absolute atomic E-state index is 0.414. The standard InChI is InChI=1S/C6H9N3O2S/c1-11-6(10)5(7)2-4-3-8-9-12-4/h3,5H,2,7H2,1H3. The van der Waals surface area contributed by atoms with Crippen molar-refractivity contribution < 1.29 is 9.53 Å². The summed E-state index contributed by atoms with van der Waals surface area (Å²) in [5.41, 5.74) is 5.50. The van der Waals surface area contributed by atoms with Crippen molar-refractivity contribution in [3.8, 4) is 0 Å². The molecule has 0 bridgehead atoms. The molecule has 1 rings (SSSR count). The van der Waals surface area contributed by atoms with Gasteiger partial charge in [0.2, 0.25) is 0 Å². The maximum atomic E-state index is 10.9. The first-order valence-electron chi connectivity index (χ1n) is 3.33. The highest BCUT2D eigenvalue weighted by atomic mass is 32.1. The molecule has 0 aliphatic rings. The maximum absolute atomic E-state index is 10.9. The molecule has 0 spiro atoms. The topological polar surface area (TPSA) is 78.1 Å². The Morgan fingerprint density at radius 1 is 1.92 bits per heavy atom. The van der Waals surface area contributed by atoms with Crippen LogP contribution in [0.4, 0.5) is 0 Å². The number of nitrogens with two attached hydrogens (primary N) is 1. The molecule has 2 N–H and O–H groups in total. The number of ether oxygens (including phenoxy) is 1. The van der Waals surface area contributed by atoms with Crippen LogP contribution in [0.25, 0.3) is 0 Å². The van der Waals surface area contributed by atoms with E-state index in [0.29, 0.717) is 6.42 Å². The van der Waals surface area contributed by atoms with Gasteiger partial charge in [-0.2, -0.15) is 0 Å². The molecule has 0 saturated heterocycles. The van der Waals surface area contributed by atoms with E-state index in [1.54, 1.807) is 6.20 Å². The quantitative estimate of drug-likeness (QED) is 0.650. The van der Waals surface area contributed by atoms with Crippen LogP contribution in [0.5, 0.6) is 0 Å². The number of hydrogen-bond acceptors (Lipinski definition) is 6. The number of carbonyl (C=O) groups is 1. The summed E-state index contributed by atoms with van der Waals surface area (Å²) in [6, 6.07) is -0.614. The molecule has 6 heteroatoms. The van der Waals surface area contributed by atoms with Crippen LogP contribution >= 0.6 is 11.5 Å². The lowest BCUT2D eigenvalue weighted by Gasteiger charge is -2.05. The van der Waals surface area contributed by atoms with Gasteiger partial charge in [-0.15, -0.1) is 5.10 Å². The molecular formula is C6H9N3O2S. The number of nitrogens with zero attached hydrogens (tertiary/aromatic N) is 2. The van der Waals surface area contributed by atoms with Crippen molar-refractivity contribution in [1.82, 2.24) is 9.59 Å². The van der Waals surface area contributed by atoms with Crippen LogP contribution in [0.2, 0.25) is 0 Å². The van der Waals surface area contributed by atoms with Crippen molar-refractivity contribution in [3.63, 3.8) is 0 Å². The highest BCUT2D eigenvalue weighted by Gasteiger charge is 2.14. The molecule has 1 aromatic heterocycles. The molecule has 1 heterocycles. The Hall–Kier alpha value is -1.01. The Morgan fingerprint density at radius 2 is 2.67 bits per heavy atom. The molecule has 66 valence electrons. The van der Waals surface area contributed by atoms with E-state index >= 15 is 0 Å². The molecular weight excluding hydrogens is 178 g/mol. The highest BCUT2D eigenvalue weighted by molar-refractivity contribution is 7.05. The van der Waals surface area contributed by atoms with E-state index in [1.165, 1.54) is 18.6 Å². The van der Waals surface area contributed by atoms with Crippen LogP contribution in [0.1, 0.15) is 4.88 Å². The Balaban J connectivity index is 2.47. The number of esters is 1. The summed E-state index contributed by atoms with van der Waals surface area (Å²) in [6.07, 6.45) is 2.03. The summed E-state index contributed by atoms with van der Waals surface area (Å²) in [7, 11) is 1.31. The van der Waals surface area contributed by atoms with Gasteiger partial charge in [0.25, 0.3) is 0 Å². The first-order valence-corrected chi connectivity index (χ1v) is 4.11. The lowest BCUT2D eigenvalue weighted by atomic mass is 10.2. The molecule has 0 amide bonds. The van der Waals surface area contributed by atoms with Crippen molar-refractivity contribution in [2.24, 2.45) is 5.73 Å². The smallest absolute Gasteiger partial charge is 0.323 e. The first-order chi connectivity index (χ1) is 5.74. The van der Waals surface area contributed by atoms with Crippen molar-refractivity contribution in [2.75, 3.05) is 7.11 Å². The number of methoxy groups -OCH3 is 1. The summed E-state index contributed by atoms with van der Waals surface area (Å²) >= 11 is 1.23. The van der Waals surface area contributed by atoms with E-state index in [2.05, 4.69) is 14.3 Å². The Bertz CT molecular complexity index is 249. The molecule has 0 aliphatic carbocycles. The lowest BCUT2D eigenvalue weighted by Crippen LogP contribution is -2.33. The van der Waals surface area contributed by atoms with Crippen molar-refractivity contribution in [2.45, 2.75) is 12.5 Å². The summed E-state index contributed by atoms with van der Waals surface area (Å²) in [5.74, 6) is -0.414. The minimum atomic E-state index is -0.614. The zero-order chi connectivity index (χ0) is 8.97. The summed E-state index contributed by atoms with van der Waals surface area (Å²) in [5, 5.41) is 3.62. The fourth-order valence-electron chi connectivity index (χ4n) is 0.729. The van der Waals surface area contributed by atoms with Gasteiger partial charge < -0.3 is 10.5 Å². The van der Waals surface area contributed by atoms with Crippen LogP contribution in [0.15, 0.2) is 6.20 Å². The predicted molar refractivity (Wildman–Crippen MR) is 43.6 cm³/mol. The normalized spacial score (nSPS) is 12.5. The SMILES string of the molecule is COC(=O)C(N)Cc1cnns1. The Kier molecular flexibility index (Phi) is 3.12. The van der Waals surface area contributed by atoms with E-state index in [1.807, 2.05) is 0 Å². The molecule has 0 fully saturated rings. The van der Waals surface area contributed by atoms with Crippen LogP contribution in [-0.2, 0) is 16.0 Å². The Morgan fingerprint density at radius 3 is 3.17 bits per heavy atom. The number of hydrogen-bond donors (Lipinski definition) is 1. The Labute approximate surface area is 73.7 Å². The van der Waals surface area contributed by atoms with Crippen LogP contribution in [-0.4, -0.2) is 28.7 Å². The largest absolute Gasteiger partial charge is 0.468 e. The molecule has 0 radical (unpaired) electrons. The van der Waals surface area contributed by atoms with E-state index in [0.717, 1.165) is 4.88 Å². The molecule has 1 atom stereocenters. The van der Waals surface area contributed by atoms with Gasteiger partial charge in [0.05, 0.1) is 13.3 Å². The summed E-state index contributed by atoms with van der Waals surface area (Å²) in [4.78, 5) is 11.7. The van der Waals surface area contributed by atoms with Crippen LogP contribution in [0.3, 0.4) is 0 Å². The van der Waals surface area contributed by atoms with Crippen molar-refractivity contribution >= 4 is 17.5 Å². The summed E-state index contributed by atoms with van der Waals surface area (Å²) in [6.45, 7) is 0. The average molecular weight is 187 g/mol. The molecule has 1 aromatic rings. The van der Waals surface area contributed by atoms with E-state index in [4.69, 9.17) is 5.73 Å². The fraction of sp³-hybridized carbons (Fsp3) is 0.500. The second kappa shape index (κ2) is 4.13. The van der Waals surface area contributed by atoms with Gasteiger partial charge in [0, 0.05) is 11.3 Å². The van der Waals surface area contributed by atoms with Gasteiger partial charge in [0.1, 0.15) is 6.04 Å². The number of carbonyl (C=O) groups excluding carboxylic acids is 1. The zero-order valence-electron chi connectivity index (χ0n) is 6.56. The summed E-state index contributed by atoms with van der Waals surface area (Å²) < 4.78 is 8.11. The van der Waals surface area contributed by atoms with Gasteiger partial charge in [-0.3, -0.25) is 4.79 Å². The van der Waals surface area contributed by atoms with Gasteiger partial charge in [-0.1, -0.05) is 4.49 Å². The van der Waals surface area contributed by atoms with Crippen molar-refractivity contribution in [1.29, 1.82) is 0 Å². The fourth-order valence-corrected chi connectivity index (χ4v) is 1.28. The average Bonchev–Trinajstić information content (AvgIpc) is 2.55. The molecule has 0 aromatic carbocycles. The van der Waals surface area contributed by atoms with E-state index < -0.39 is 12.0 Å². The third-order valence-electron chi connectivity index (χ3n) is 1.33. The second-order valence-electron chi connectivity index (χ2n) is 2.22. The molecule has 12 heavy (non-hydrogen) atoms. The monoisotopic (exact) mass is 187 g/mol. The minimum Gasteiger partial charge on any atom is -0.468 e. The van der Waals surface area contributed by atoms with E-state index in [-0.39, 0.29) is 0 Å². The van der Waals surface area contributed by atoms with Gasteiger partial charge >= 0.3 is 5.97 Å². The van der Waals surface area contributed by atoms with Crippen molar-refractivity contribution in [3.05, 3.63) is 11.1 Å². The predicted octanol–water partition coefficient (Wildman–Crippen LogP) is -0.419. The maximum Gasteiger partial charge on any atom is 0.323 e.